The first-order valence-electron chi connectivity index (χ1n) is 9.17. The Morgan fingerprint density at radius 2 is 1.88 bits per heavy atom. The molecule has 1 amide bonds. The van der Waals surface area contributed by atoms with Gasteiger partial charge in [-0.1, -0.05) is 18.2 Å². The number of anilines is 1. The van der Waals surface area contributed by atoms with Gasteiger partial charge in [-0.2, -0.15) is 0 Å². The average molecular weight is 378 g/mol. The molecule has 0 bridgehead atoms. The van der Waals surface area contributed by atoms with Crippen LogP contribution in [0.4, 0.5) is 5.69 Å². The molecule has 4 rings (SSSR count). The number of nitrogens with zero attached hydrogens (tertiary/aromatic N) is 2. The largest absolute Gasteiger partial charge is 0.341 e. The second kappa shape index (κ2) is 6.21. The van der Waals surface area contributed by atoms with Gasteiger partial charge in [0, 0.05) is 31.1 Å². The van der Waals surface area contributed by atoms with Crippen molar-refractivity contribution in [2.24, 2.45) is 0 Å². The van der Waals surface area contributed by atoms with E-state index in [2.05, 4.69) is 17.8 Å². The number of rotatable bonds is 2. The lowest BCUT2D eigenvalue weighted by Crippen LogP contribution is -2.52. The predicted molar refractivity (Wildman–Crippen MR) is 100 cm³/mol. The van der Waals surface area contributed by atoms with Crippen LogP contribution in [0.5, 0.6) is 0 Å². The van der Waals surface area contributed by atoms with E-state index >= 15 is 0 Å². The Morgan fingerprint density at radius 3 is 2.50 bits per heavy atom. The van der Waals surface area contributed by atoms with Gasteiger partial charge < -0.3 is 4.90 Å². The number of amides is 1. The van der Waals surface area contributed by atoms with Crippen LogP contribution < -0.4 is 15.2 Å². The van der Waals surface area contributed by atoms with Gasteiger partial charge in [-0.15, -0.1) is 0 Å². The van der Waals surface area contributed by atoms with E-state index in [0.29, 0.717) is 25.7 Å². The number of piperidine rings is 1. The molecule has 0 radical (unpaired) electrons. The van der Waals surface area contributed by atoms with Crippen LogP contribution in [0.15, 0.2) is 24.3 Å². The molecule has 3 aliphatic rings. The second-order valence-corrected chi connectivity index (χ2v) is 9.78. The van der Waals surface area contributed by atoms with Crippen LogP contribution in [0.3, 0.4) is 0 Å². The van der Waals surface area contributed by atoms with Gasteiger partial charge in [-0.05, 0) is 37.8 Å². The fraction of sp³-hybridized carbons (Fsp3) is 0.611. The number of carbonyl (C=O) groups is 1. The molecule has 0 saturated carbocycles. The Labute approximate surface area is 154 Å². The SMILES string of the molecule is CC1CC(C(=O)N2CCC3(CC2)CN(S(C)(=O)=O)c2ccccc23)NN1. The van der Waals surface area contributed by atoms with Crippen LogP contribution in [-0.2, 0) is 20.2 Å². The summed E-state index contributed by atoms with van der Waals surface area (Å²) < 4.78 is 26.0. The van der Waals surface area contributed by atoms with Gasteiger partial charge in [0.25, 0.3) is 0 Å². The third-order valence-corrected chi connectivity index (χ3v) is 7.14. The van der Waals surface area contributed by atoms with Gasteiger partial charge in [-0.3, -0.25) is 14.5 Å². The summed E-state index contributed by atoms with van der Waals surface area (Å²) in [6.45, 7) is 3.86. The minimum atomic E-state index is -3.31. The second-order valence-electron chi connectivity index (χ2n) is 7.87. The van der Waals surface area contributed by atoms with Gasteiger partial charge >= 0.3 is 0 Å². The Hall–Kier alpha value is -1.64. The van der Waals surface area contributed by atoms with Crippen molar-refractivity contribution in [3.8, 4) is 0 Å². The van der Waals surface area contributed by atoms with Crippen LogP contribution in [-0.4, -0.2) is 57.2 Å². The van der Waals surface area contributed by atoms with Crippen molar-refractivity contribution >= 4 is 21.6 Å². The zero-order valence-corrected chi connectivity index (χ0v) is 16.1. The van der Waals surface area contributed by atoms with E-state index in [0.717, 1.165) is 30.5 Å². The van der Waals surface area contributed by atoms with Gasteiger partial charge in [-0.25, -0.2) is 13.8 Å². The Balaban J connectivity index is 1.53. The minimum absolute atomic E-state index is 0.142. The zero-order chi connectivity index (χ0) is 18.5. The van der Waals surface area contributed by atoms with E-state index in [1.165, 1.54) is 10.6 Å². The van der Waals surface area contributed by atoms with Crippen molar-refractivity contribution in [3.63, 3.8) is 0 Å². The van der Waals surface area contributed by atoms with E-state index in [4.69, 9.17) is 0 Å². The number of fused-ring (bicyclic) bond motifs is 2. The molecule has 7 nitrogen and oxygen atoms in total. The third-order valence-electron chi connectivity index (χ3n) is 6.01. The first-order chi connectivity index (χ1) is 12.3. The third kappa shape index (κ3) is 2.90. The molecule has 2 atom stereocenters. The highest BCUT2D eigenvalue weighted by Gasteiger charge is 2.47. The molecule has 142 valence electrons. The monoisotopic (exact) mass is 378 g/mol. The number of hydrazine groups is 1. The molecule has 1 spiro atoms. The number of hydrogen-bond donors (Lipinski definition) is 2. The van der Waals surface area contributed by atoms with Gasteiger partial charge in [0.2, 0.25) is 15.9 Å². The number of nitrogens with one attached hydrogen (secondary N) is 2. The smallest absolute Gasteiger partial charge is 0.241 e. The highest BCUT2D eigenvalue weighted by molar-refractivity contribution is 7.92. The number of carbonyl (C=O) groups excluding carboxylic acids is 1. The normalized spacial score (nSPS) is 27.8. The van der Waals surface area contributed by atoms with Crippen molar-refractivity contribution in [1.82, 2.24) is 15.8 Å². The maximum Gasteiger partial charge on any atom is 0.241 e. The molecular formula is C18H26N4O3S. The van der Waals surface area contributed by atoms with Gasteiger partial charge in [0.1, 0.15) is 6.04 Å². The molecule has 3 aliphatic heterocycles. The van der Waals surface area contributed by atoms with Gasteiger partial charge in [0.05, 0.1) is 11.9 Å². The van der Waals surface area contributed by atoms with Crippen molar-refractivity contribution in [2.75, 3.05) is 30.2 Å². The molecule has 2 fully saturated rings. The van der Waals surface area contributed by atoms with Gasteiger partial charge in [0.15, 0.2) is 0 Å². The summed E-state index contributed by atoms with van der Waals surface area (Å²) >= 11 is 0. The van der Waals surface area contributed by atoms with Crippen LogP contribution in [0.25, 0.3) is 0 Å². The fourth-order valence-electron chi connectivity index (χ4n) is 4.56. The Bertz CT molecular complexity index is 817. The zero-order valence-electron chi connectivity index (χ0n) is 15.2. The molecule has 1 aromatic rings. The summed E-state index contributed by atoms with van der Waals surface area (Å²) in [5.41, 5.74) is 7.89. The van der Waals surface area contributed by atoms with Crippen molar-refractivity contribution < 1.29 is 13.2 Å². The first-order valence-corrected chi connectivity index (χ1v) is 11.0. The van der Waals surface area contributed by atoms with Crippen molar-refractivity contribution in [3.05, 3.63) is 29.8 Å². The molecule has 2 N–H and O–H groups in total. The predicted octanol–water partition coefficient (Wildman–Crippen LogP) is 0.581. The lowest BCUT2D eigenvalue weighted by Gasteiger charge is -2.40. The molecule has 26 heavy (non-hydrogen) atoms. The van der Waals surface area contributed by atoms with Crippen molar-refractivity contribution in [1.29, 1.82) is 0 Å². The van der Waals surface area contributed by atoms with E-state index in [9.17, 15) is 13.2 Å². The van der Waals surface area contributed by atoms with Crippen LogP contribution in [0.2, 0.25) is 0 Å². The number of para-hydroxylation sites is 1. The molecule has 2 unspecified atom stereocenters. The summed E-state index contributed by atoms with van der Waals surface area (Å²) in [7, 11) is -3.31. The molecule has 0 aliphatic carbocycles. The number of likely N-dealkylation sites (tertiary alicyclic amines) is 1. The summed E-state index contributed by atoms with van der Waals surface area (Å²) in [6.07, 6.45) is 3.64. The van der Waals surface area contributed by atoms with Crippen LogP contribution in [0, 0.1) is 0 Å². The standard InChI is InChI=1S/C18H26N4O3S/c1-13-11-15(20-19-13)17(23)21-9-7-18(8-10-21)12-22(26(2,24)25)16-6-4-3-5-14(16)18/h3-6,13,15,19-20H,7-12H2,1-2H3. The number of benzene rings is 1. The highest BCUT2D eigenvalue weighted by Crippen LogP contribution is 2.47. The summed E-state index contributed by atoms with van der Waals surface area (Å²) in [5.74, 6) is 0.142. The highest BCUT2D eigenvalue weighted by atomic mass is 32.2. The molecule has 1 aromatic carbocycles. The fourth-order valence-corrected chi connectivity index (χ4v) is 5.56. The maximum atomic E-state index is 12.7. The number of sulfonamides is 1. The topological polar surface area (TPSA) is 81.8 Å². The lowest BCUT2D eigenvalue weighted by molar-refractivity contribution is -0.134. The first kappa shape index (κ1) is 17.8. The molecule has 8 heteroatoms. The molecule has 2 saturated heterocycles. The average Bonchev–Trinajstić information content (AvgIpc) is 3.18. The van der Waals surface area contributed by atoms with E-state index in [1.54, 1.807) is 0 Å². The van der Waals surface area contributed by atoms with E-state index in [-0.39, 0.29) is 17.4 Å². The van der Waals surface area contributed by atoms with Crippen LogP contribution in [0.1, 0.15) is 31.7 Å². The van der Waals surface area contributed by atoms with E-state index in [1.807, 2.05) is 29.2 Å². The molecular weight excluding hydrogens is 352 g/mol. The Kier molecular flexibility index (Phi) is 4.24. The maximum absolute atomic E-state index is 12.7. The number of hydrogen-bond acceptors (Lipinski definition) is 5. The van der Waals surface area contributed by atoms with Crippen molar-refractivity contribution in [2.45, 2.75) is 43.7 Å². The summed E-state index contributed by atoms with van der Waals surface area (Å²) in [4.78, 5) is 14.7. The summed E-state index contributed by atoms with van der Waals surface area (Å²) in [6, 6.07) is 7.92. The Morgan fingerprint density at radius 1 is 1.19 bits per heavy atom. The lowest BCUT2D eigenvalue weighted by atomic mass is 9.74. The van der Waals surface area contributed by atoms with E-state index < -0.39 is 10.0 Å². The summed E-state index contributed by atoms with van der Waals surface area (Å²) in [5, 5.41) is 0. The quantitative estimate of drug-likeness (QED) is 0.787. The molecule has 0 aromatic heterocycles. The van der Waals surface area contributed by atoms with Crippen LogP contribution >= 0.6 is 0 Å². The molecule has 3 heterocycles. The minimum Gasteiger partial charge on any atom is -0.341 e.